The highest BCUT2D eigenvalue weighted by Crippen LogP contribution is 2.24. The van der Waals surface area contributed by atoms with Crippen LogP contribution in [0.4, 0.5) is 5.82 Å². The van der Waals surface area contributed by atoms with Crippen LogP contribution in [0.5, 0.6) is 0 Å². The van der Waals surface area contributed by atoms with Gasteiger partial charge in [-0.25, -0.2) is 4.68 Å². The molecule has 22 heavy (non-hydrogen) atoms. The molecule has 1 aliphatic heterocycles. The standard InChI is InChI=1S/C17H24N3O.HI/c1-18-16(14-8-5-4-6-9-14)12-17(19(18)2)20-11-7-10-15(13-20)21-3;/h4-6,8-9,12,15H,7,10-11,13H2,1-3H3;1H/q+1;/p-1. The maximum atomic E-state index is 5.55. The molecule has 1 fully saturated rings. The number of nitrogens with zero attached hydrogens (tertiary/aromatic N) is 3. The van der Waals surface area contributed by atoms with Gasteiger partial charge in [0.15, 0.2) is 0 Å². The quantitative estimate of drug-likeness (QED) is 0.483. The number of hydrogen-bond acceptors (Lipinski definition) is 2. The summed E-state index contributed by atoms with van der Waals surface area (Å²) in [4.78, 5) is 2.43. The van der Waals surface area contributed by atoms with Crippen LogP contribution >= 0.6 is 0 Å². The Labute approximate surface area is 149 Å². The van der Waals surface area contributed by atoms with Gasteiger partial charge in [-0.1, -0.05) is 30.3 Å². The smallest absolute Gasteiger partial charge is 0.297 e. The summed E-state index contributed by atoms with van der Waals surface area (Å²) in [7, 11) is 6.05. The summed E-state index contributed by atoms with van der Waals surface area (Å²) in [6.45, 7) is 2.08. The van der Waals surface area contributed by atoms with Crippen LogP contribution < -0.4 is 33.6 Å². The minimum absolute atomic E-state index is 0. The Morgan fingerprint density at radius 2 is 1.95 bits per heavy atom. The fourth-order valence-corrected chi connectivity index (χ4v) is 3.14. The molecule has 0 aliphatic carbocycles. The van der Waals surface area contributed by atoms with Crippen LogP contribution in [0.25, 0.3) is 11.3 Å². The molecular weight excluding hydrogens is 389 g/mol. The molecule has 1 atom stereocenters. The van der Waals surface area contributed by atoms with Gasteiger partial charge in [0.2, 0.25) is 0 Å². The molecule has 1 saturated heterocycles. The average molecular weight is 413 g/mol. The van der Waals surface area contributed by atoms with Gasteiger partial charge in [0.1, 0.15) is 13.6 Å². The van der Waals surface area contributed by atoms with E-state index in [4.69, 9.17) is 4.74 Å². The molecule has 4 nitrogen and oxygen atoms in total. The zero-order valence-corrected chi connectivity index (χ0v) is 15.7. The molecule has 0 saturated carbocycles. The van der Waals surface area contributed by atoms with E-state index in [9.17, 15) is 0 Å². The summed E-state index contributed by atoms with van der Waals surface area (Å²) in [5, 5.41) is 0. The number of anilines is 1. The molecule has 5 heteroatoms. The van der Waals surface area contributed by atoms with Gasteiger partial charge in [-0.15, -0.1) is 0 Å². The van der Waals surface area contributed by atoms with Gasteiger partial charge in [0, 0.05) is 19.7 Å². The first-order chi connectivity index (χ1) is 10.2. The lowest BCUT2D eigenvalue weighted by atomic mass is 10.1. The van der Waals surface area contributed by atoms with E-state index in [2.05, 4.69) is 64.8 Å². The van der Waals surface area contributed by atoms with Crippen molar-refractivity contribution in [3.8, 4) is 11.3 Å². The number of rotatable bonds is 3. The van der Waals surface area contributed by atoms with Gasteiger partial charge < -0.3 is 28.7 Å². The lowest BCUT2D eigenvalue weighted by Gasteiger charge is -2.27. The molecule has 1 aromatic carbocycles. The van der Waals surface area contributed by atoms with E-state index >= 15 is 0 Å². The zero-order chi connectivity index (χ0) is 14.8. The summed E-state index contributed by atoms with van der Waals surface area (Å²) in [6.07, 6.45) is 2.70. The van der Waals surface area contributed by atoms with E-state index < -0.39 is 0 Å². The molecule has 1 aliphatic rings. The Balaban J connectivity index is 0.00000176. The highest BCUT2D eigenvalue weighted by molar-refractivity contribution is 5.62. The van der Waals surface area contributed by atoms with Crippen molar-refractivity contribution < 1.29 is 33.4 Å². The van der Waals surface area contributed by atoms with Crippen LogP contribution in [0.3, 0.4) is 0 Å². The topological polar surface area (TPSA) is 21.3 Å². The Kier molecular flexibility index (Phi) is 5.86. The summed E-state index contributed by atoms with van der Waals surface area (Å²) >= 11 is 0. The van der Waals surface area contributed by atoms with E-state index in [-0.39, 0.29) is 24.0 Å². The molecule has 3 rings (SSSR count). The number of hydrogen-bond donors (Lipinski definition) is 0. The van der Waals surface area contributed by atoms with Crippen LogP contribution in [0, 0.1) is 0 Å². The summed E-state index contributed by atoms with van der Waals surface area (Å²) < 4.78 is 9.98. The van der Waals surface area contributed by atoms with E-state index in [1.807, 2.05) is 7.11 Å². The molecular formula is C17H24IN3O. The van der Waals surface area contributed by atoms with Crippen LogP contribution in [-0.4, -0.2) is 31.0 Å². The second-order valence-corrected chi connectivity index (χ2v) is 5.75. The minimum atomic E-state index is 0. The maximum Gasteiger partial charge on any atom is 0.297 e. The number of methoxy groups -OCH3 is 1. The van der Waals surface area contributed by atoms with Gasteiger partial charge in [-0.05, 0) is 12.8 Å². The third-order valence-electron chi connectivity index (χ3n) is 4.50. The summed E-state index contributed by atoms with van der Waals surface area (Å²) in [5.74, 6) is 1.26. The van der Waals surface area contributed by atoms with Crippen LogP contribution in [-0.2, 0) is 18.8 Å². The SMILES string of the molecule is COC1CCCN(c2cc(-c3ccccc3)n(C)[n+]2C)C1.[I-]. The first-order valence-electron chi connectivity index (χ1n) is 7.60. The second kappa shape index (κ2) is 7.46. The van der Waals surface area contributed by atoms with Gasteiger partial charge in [0.05, 0.1) is 24.4 Å². The molecule has 0 bridgehead atoms. The normalized spacial score (nSPS) is 18.1. The monoisotopic (exact) mass is 413 g/mol. The highest BCUT2D eigenvalue weighted by Gasteiger charge is 2.29. The molecule has 0 spiro atoms. The van der Waals surface area contributed by atoms with Crippen molar-refractivity contribution in [2.24, 2.45) is 14.1 Å². The number of ether oxygens (including phenoxy) is 1. The second-order valence-electron chi connectivity index (χ2n) is 5.75. The third kappa shape index (κ3) is 3.30. The van der Waals surface area contributed by atoms with E-state index in [1.54, 1.807) is 0 Å². The van der Waals surface area contributed by atoms with Gasteiger partial charge >= 0.3 is 0 Å². The van der Waals surface area contributed by atoms with Crippen molar-refractivity contribution in [1.29, 1.82) is 0 Å². The lowest BCUT2D eigenvalue weighted by molar-refractivity contribution is -0.738. The number of benzene rings is 1. The van der Waals surface area contributed by atoms with Gasteiger partial charge in [-0.3, -0.25) is 4.90 Å². The van der Waals surface area contributed by atoms with Crippen molar-refractivity contribution in [2.45, 2.75) is 18.9 Å². The van der Waals surface area contributed by atoms with E-state index in [1.165, 1.54) is 23.5 Å². The maximum absolute atomic E-state index is 5.55. The first-order valence-corrected chi connectivity index (χ1v) is 7.60. The van der Waals surface area contributed by atoms with Crippen LogP contribution in [0.15, 0.2) is 36.4 Å². The molecule has 120 valence electrons. The van der Waals surface area contributed by atoms with Gasteiger partial charge in [-0.2, -0.15) is 4.68 Å². The average Bonchev–Trinajstić information content (AvgIpc) is 2.84. The molecule has 1 aromatic heterocycles. The molecule has 0 N–H and O–H groups in total. The summed E-state index contributed by atoms with van der Waals surface area (Å²) in [6, 6.07) is 12.8. The van der Waals surface area contributed by atoms with Gasteiger partial charge in [0.25, 0.3) is 5.82 Å². The Morgan fingerprint density at radius 3 is 2.64 bits per heavy atom. The Bertz CT molecular complexity index is 612. The van der Waals surface area contributed by atoms with Crippen molar-refractivity contribution >= 4 is 5.82 Å². The fourth-order valence-electron chi connectivity index (χ4n) is 3.14. The number of halogens is 1. The van der Waals surface area contributed by atoms with Crippen molar-refractivity contribution in [3.63, 3.8) is 0 Å². The molecule has 1 unspecified atom stereocenters. The first kappa shape index (κ1) is 17.3. The predicted octanol–water partition coefficient (Wildman–Crippen LogP) is -0.864. The van der Waals surface area contributed by atoms with Crippen LogP contribution in [0.1, 0.15) is 12.8 Å². The molecule has 2 heterocycles. The number of aromatic nitrogens is 2. The van der Waals surface area contributed by atoms with Crippen molar-refractivity contribution in [3.05, 3.63) is 36.4 Å². The largest absolute Gasteiger partial charge is 1.00 e. The Morgan fingerprint density at radius 1 is 1.23 bits per heavy atom. The van der Waals surface area contributed by atoms with Crippen molar-refractivity contribution in [2.75, 3.05) is 25.1 Å². The third-order valence-corrected chi connectivity index (χ3v) is 4.50. The van der Waals surface area contributed by atoms with Crippen LogP contribution in [0.2, 0.25) is 0 Å². The minimum Gasteiger partial charge on any atom is -1.00 e. The van der Waals surface area contributed by atoms with E-state index in [0.29, 0.717) is 6.10 Å². The molecule has 0 amide bonds. The zero-order valence-electron chi connectivity index (χ0n) is 13.5. The number of piperidine rings is 1. The fraction of sp³-hybridized carbons (Fsp3) is 0.471. The molecule has 2 aromatic rings. The summed E-state index contributed by atoms with van der Waals surface area (Å²) in [5.41, 5.74) is 2.50. The van der Waals surface area contributed by atoms with E-state index in [0.717, 1.165) is 19.5 Å². The lowest BCUT2D eigenvalue weighted by Crippen LogP contribution is -3.00. The van der Waals surface area contributed by atoms with Crippen molar-refractivity contribution in [1.82, 2.24) is 4.68 Å². The molecule has 0 radical (unpaired) electrons. The Hall–Kier alpha value is -1.08. The predicted molar refractivity (Wildman–Crippen MR) is 84.3 cm³/mol. The highest BCUT2D eigenvalue weighted by atomic mass is 127.